The van der Waals surface area contributed by atoms with Crippen LogP contribution in [0.2, 0.25) is 0 Å². The molecule has 0 aliphatic carbocycles. The summed E-state index contributed by atoms with van der Waals surface area (Å²) in [6.07, 6.45) is -0.635. The lowest BCUT2D eigenvalue weighted by Gasteiger charge is -2.16. The average molecular weight is 261 g/mol. The molecule has 0 aliphatic heterocycles. The van der Waals surface area contributed by atoms with E-state index in [9.17, 15) is 14.4 Å². The van der Waals surface area contributed by atoms with Crippen molar-refractivity contribution in [2.45, 2.75) is 32.4 Å². The molecule has 18 heavy (non-hydrogen) atoms. The molecule has 0 saturated heterocycles. The van der Waals surface area contributed by atoms with E-state index in [0.29, 0.717) is 6.61 Å². The second-order valence-corrected chi connectivity index (χ2v) is 3.68. The van der Waals surface area contributed by atoms with Crippen LogP contribution in [0.3, 0.4) is 0 Å². The van der Waals surface area contributed by atoms with E-state index in [-0.39, 0.29) is 12.6 Å². The molecule has 1 unspecified atom stereocenters. The monoisotopic (exact) mass is 261 g/mol. The number of rotatable bonds is 8. The topological polar surface area (TPSA) is 131 Å². The van der Waals surface area contributed by atoms with Crippen molar-refractivity contribution in [3.05, 3.63) is 0 Å². The molecular formula is C10H19N3O5. The van der Waals surface area contributed by atoms with Gasteiger partial charge in [0, 0.05) is 13.2 Å². The second kappa shape index (κ2) is 8.29. The molecule has 0 aromatic heterocycles. The van der Waals surface area contributed by atoms with E-state index in [1.807, 2.05) is 6.92 Å². The Balaban J connectivity index is 4.10. The summed E-state index contributed by atoms with van der Waals surface area (Å²) in [6, 6.07) is -2.01. The third-order valence-electron chi connectivity index (χ3n) is 2.01. The number of ether oxygens (including phenoxy) is 1. The summed E-state index contributed by atoms with van der Waals surface area (Å²) in [5, 5.41) is 13.3. The van der Waals surface area contributed by atoms with Gasteiger partial charge in [-0.3, -0.25) is 4.79 Å². The first-order chi connectivity index (χ1) is 8.36. The number of carboxylic acid groups (broad SMARTS) is 1. The highest BCUT2D eigenvalue weighted by Gasteiger charge is 2.22. The van der Waals surface area contributed by atoms with Crippen molar-refractivity contribution in [3.63, 3.8) is 0 Å². The van der Waals surface area contributed by atoms with Gasteiger partial charge in [-0.2, -0.15) is 0 Å². The Labute approximate surface area is 105 Å². The molecule has 2 atom stereocenters. The molecule has 8 heteroatoms. The van der Waals surface area contributed by atoms with E-state index in [1.165, 1.54) is 0 Å². The van der Waals surface area contributed by atoms with Gasteiger partial charge in [-0.25, -0.2) is 9.59 Å². The summed E-state index contributed by atoms with van der Waals surface area (Å²) in [5.74, 6) is -2.12. The Kier molecular flexibility index (Phi) is 7.45. The van der Waals surface area contributed by atoms with Gasteiger partial charge in [0.25, 0.3) is 0 Å². The Bertz CT molecular complexity index is 308. The lowest BCUT2D eigenvalue weighted by atomic mass is 10.2. The molecule has 0 fully saturated rings. The molecular weight excluding hydrogens is 242 g/mol. The number of carboxylic acids is 1. The van der Waals surface area contributed by atoms with Gasteiger partial charge in [-0.15, -0.1) is 0 Å². The summed E-state index contributed by atoms with van der Waals surface area (Å²) in [6.45, 7) is 4.35. The van der Waals surface area contributed by atoms with Gasteiger partial charge in [0.05, 0.1) is 12.5 Å². The molecule has 0 heterocycles. The third-order valence-corrected chi connectivity index (χ3v) is 2.01. The molecule has 104 valence electrons. The molecule has 0 radical (unpaired) electrons. The maximum Gasteiger partial charge on any atom is 0.326 e. The first kappa shape index (κ1) is 16.2. The number of hydrogen-bond acceptors (Lipinski definition) is 4. The van der Waals surface area contributed by atoms with Gasteiger partial charge in [-0.1, -0.05) is 0 Å². The predicted molar refractivity (Wildman–Crippen MR) is 62.9 cm³/mol. The fourth-order valence-electron chi connectivity index (χ4n) is 1.19. The highest BCUT2D eigenvalue weighted by molar-refractivity contribution is 5.87. The van der Waals surface area contributed by atoms with Crippen LogP contribution < -0.4 is 16.4 Å². The quantitative estimate of drug-likeness (QED) is 0.447. The van der Waals surface area contributed by atoms with E-state index in [4.69, 9.17) is 15.6 Å². The maximum atomic E-state index is 11.4. The minimum atomic E-state index is -1.33. The lowest BCUT2D eigenvalue weighted by molar-refractivity contribution is -0.140. The minimum absolute atomic E-state index is 0.180. The standard InChI is InChI=1S/C10H19N3O5/c1-3-18-6(2)5-12-10(17)13-7(9(15)16)4-8(11)14/h6-7H,3-5H2,1-2H3,(H2,11,14)(H,15,16)(H2,12,13,17)/t6?,7-/m0/s1. The number of carbonyl (C=O) groups is 3. The normalized spacial score (nSPS) is 13.4. The van der Waals surface area contributed by atoms with Gasteiger partial charge in [-0.05, 0) is 13.8 Å². The summed E-state index contributed by atoms with van der Waals surface area (Å²) < 4.78 is 5.18. The van der Waals surface area contributed by atoms with E-state index in [0.717, 1.165) is 0 Å². The number of aliphatic carboxylic acids is 1. The fourth-order valence-corrected chi connectivity index (χ4v) is 1.19. The summed E-state index contributed by atoms with van der Waals surface area (Å²) in [7, 11) is 0. The number of amides is 3. The zero-order valence-electron chi connectivity index (χ0n) is 10.4. The summed E-state index contributed by atoms with van der Waals surface area (Å²) in [4.78, 5) is 32.7. The smallest absolute Gasteiger partial charge is 0.326 e. The molecule has 0 aromatic rings. The SMILES string of the molecule is CCOC(C)CNC(=O)N[C@@H](CC(N)=O)C(=O)O. The van der Waals surface area contributed by atoms with Crippen molar-refractivity contribution in [1.82, 2.24) is 10.6 Å². The fraction of sp³-hybridized carbons (Fsp3) is 0.700. The highest BCUT2D eigenvalue weighted by Crippen LogP contribution is 1.92. The second-order valence-electron chi connectivity index (χ2n) is 3.68. The molecule has 0 spiro atoms. The van der Waals surface area contributed by atoms with E-state index in [2.05, 4.69) is 10.6 Å². The van der Waals surface area contributed by atoms with Crippen LogP contribution in [-0.2, 0) is 14.3 Å². The van der Waals surface area contributed by atoms with Crippen molar-refractivity contribution in [1.29, 1.82) is 0 Å². The third kappa shape index (κ3) is 7.44. The van der Waals surface area contributed by atoms with Crippen LogP contribution in [0.5, 0.6) is 0 Å². The first-order valence-corrected chi connectivity index (χ1v) is 5.53. The Morgan fingerprint density at radius 2 is 2.00 bits per heavy atom. The van der Waals surface area contributed by atoms with E-state index in [1.54, 1.807) is 6.92 Å². The Morgan fingerprint density at radius 1 is 1.39 bits per heavy atom. The van der Waals surface area contributed by atoms with Crippen molar-refractivity contribution in [2.24, 2.45) is 5.73 Å². The van der Waals surface area contributed by atoms with Crippen molar-refractivity contribution in [3.8, 4) is 0 Å². The van der Waals surface area contributed by atoms with E-state index >= 15 is 0 Å². The van der Waals surface area contributed by atoms with Crippen LogP contribution in [0.4, 0.5) is 4.79 Å². The minimum Gasteiger partial charge on any atom is -0.480 e. The maximum absolute atomic E-state index is 11.4. The number of nitrogens with one attached hydrogen (secondary N) is 2. The van der Waals surface area contributed by atoms with Crippen molar-refractivity contribution >= 4 is 17.9 Å². The number of hydrogen-bond donors (Lipinski definition) is 4. The van der Waals surface area contributed by atoms with Crippen LogP contribution in [0.15, 0.2) is 0 Å². The number of primary amides is 1. The molecule has 0 aliphatic rings. The number of nitrogens with two attached hydrogens (primary N) is 1. The zero-order valence-corrected chi connectivity index (χ0v) is 10.4. The Hall–Kier alpha value is -1.83. The zero-order chi connectivity index (χ0) is 14.1. The predicted octanol–water partition coefficient (Wildman–Crippen LogP) is -0.961. The average Bonchev–Trinajstić information content (AvgIpc) is 2.25. The summed E-state index contributed by atoms with van der Waals surface area (Å²) in [5.41, 5.74) is 4.87. The molecule has 0 rings (SSSR count). The number of carbonyl (C=O) groups excluding carboxylic acids is 2. The Morgan fingerprint density at radius 3 is 2.44 bits per heavy atom. The molecule has 0 bridgehead atoms. The largest absolute Gasteiger partial charge is 0.480 e. The van der Waals surface area contributed by atoms with Gasteiger partial charge in [0.1, 0.15) is 6.04 Å². The lowest BCUT2D eigenvalue weighted by Crippen LogP contribution is -2.49. The molecule has 3 amide bonds. The van der Waals surface area contributed by atoms with Gasteiger partial charge in [0.2, 0.25) is 5.91 Å². The van der Waals surface area contributed by atoms with Crippen molar-refractivity contribution in [2.75, 3.05) is 13.2 Å². The van der Waals surface area contributed by atoms with Crippen molar-refractivity contribution < 1.29 is 24.2 Å². The van der Waals surface area contributed by atoms with Crippen LogP contribution in [0.1, 0.15) is 20.3 Å². The van der Waals surface area contributed by atoms with Gasteiger partial charge < -0.3 is 26.2 Å². The molecule has 8 nitrogen and oxygen atoms in total. The first-order valence-electron chi connectivity index (χ1n) is 5.53. The van der Waals surface area contributed by atoms with Gasteiger partial charge in [0.15, 0.2) is 0 Å². The van der Waals surface area contributed by atoms with Crippen LogP contribution >= 0.6 is 0 Å². The van der Waals surface area contributed by atoms with Crippen LogP contribution in [0, 0.1) is 0 Å². The van der Waals surface area contributed by atoms with Gasteiger partial charge >= 0.3 is 12.0 Å². The van der Waals surface area contributed by atoms with Crippen LogP contribution in [-0.4, -0.2) is 48.3 Å². The molecule has 5 N–H and O–H groups in total. The van der Waals surface area contributed by atoms with E-state index < -0.39 is 30.4 Å². The number of urea groups is 1. The molecule has 0 saturated carbocycles. The highest BCUT2D eigenvalue weighted by atomic mass is 16.5. The summed E-state index contributed by atoms with van der Waals surface area (Å²) >= 11 is 0. The molecule has 0 aromatic carbocycles. The van der Waals surface area contributed by atoms with Crippen LogP contribution in [0.25, 0.3) is 0 Å².